The number of amides is 1. The van der Waals surface area contributed by atoms with Crippen molar-refractivity contribution in [3.8, 4) is 0 Å². The highest BCUT2D eigenvalue weighted by Crippen LogP contribution is 2.19. The Hall–Kier alpha value is -0.580. The standard InChI is InChI=1S/C11H16N2OS.ClH/c1-8-3-4-10(15-8)11(14)13-6-5-9(7-13)12-2;/h3-4,9,12H,5-7H2,1-2H3;1H. The monoisotopic (exact) mass is 260 g/mol. The lowest BCUT2D eigenvalue weighted by molar-refractivity contribution is 0.0794. The first-order valence-electron chi connectivity index (χ1n) is 5.23. The van der Waals surface area contributed by atoms with Gasteiger partial charge in [0.25, 0.3) is 5.91 Å². The summed E-state index contributed by atoms with van der Waals surface area (Å²) in [7, 11) is 1.95. The minimum Gasteiger partial charge on any atom is -0.336 e. The largest absolute Gasteiger partial charge is 0.336 e. The van der Waals surface area contributed by atoms with E-state index in [0.29, 0.717) is 6.04 Å². The molecule has 0 bridgehead atoms. The summed E-state index contributed by atoms with van der Waals surface area (Å²) < 4.78 is 0. The van der Waals surface area contributed by atoms with E-state index in [-0.39, 0.29) is 18.3 Å². The molecule has 1 aliphatic rings. The lowest BCUT2D eigenvalue weighted by atomic mass is 10.3. The van der Waals surface area contributed by atoms with Crippen LogP contribution >= 0.6 is 23.7 Å². The van der Waals surface area contributed by atoms with Gasteiger partial charge in [-0.25, -0.2) is 0 Å². The Bertz CT molecular complexity index is 367. The molecule has 0 aromatic carbocycles. The van der Waals surface area contributed by atoms with Crippen LogP contribution < -0.4 is 5.32 Å². The predicted octanol–water partition coefficient (Wildman–Crippen LogP) is 1.91. The lowest BCUT2D eigenvalue weighted by Crippen LogP contribution is -2.33. The van der Waals surface area contributed by atoms with Crippen LogP contribution in [0.25, 0.3) is 0 Å². The van der Waals surface area contributed by atoms with Crippen molar-refractivity contribution in [1.82, 2.24) is 10.2 Å². The molecule has 1 amide bonds. The molecule has 2 rings (SSSR count). The van der Waals surface area contributed by atoms with E-state index in [1.807, 2.05) is 31.0 Å². The maximum absolute atomic E-state index is 12.0. The van der Waals surface area contributed by atoms with Gasteiger partial charge in [0.05, 0.1) is 4.88 Å². The zero-order valence-corrected chi connectivity index (χ0v) is 11.2. The highest BCUT2D eigenvalue weighted by Gasteiger charge is 2.26. The van der Waals surface area contributed by atoms with E-state index in [1.54, 1.807) is 11.3 Å². The summed E-state index contributed by atoms with van der Waals surface area (Å²) in [6.07, 6.45) is 1.06. The summed E-state index contributed by atoms with van der Waals surface area (Å²) in [4.78, 5) is 16.0. The molecule has 1 N–H and O–H groups in total. The second kappa shape index (κ2) is 5.66. The average molecular weight is 261 g/mol. The van der Waals surface area contributed by atoms with Gasteiger partial charge in [-0.2, -0.15) is 0 Å². The van der Waals surface area contributed by atoms with E-state index in [0.717, 1.165) is 24.4 Å². The van der Waals surface area contributed by atoms with Gasteiger partial charge in [-0.1, -0.05) is 0 Å². The summed E-state index contributed by atoms with van der Waals surface area (Å²) in [5.74, 6) is 0.186. The number of carbonyl (C=O) groups excluding carboxylic acids is 1. The van der Waals surface area contributed by atoms with Gasteiger partial charge in [0, 0.05) is 24.0 Å². The van der Waals surface area contributed by atoms with E-state index in [4.69, 9.17) is 0 Å². The number of likely N-dealkylation sites (N-methyl/N-ethyl adjacent to an activating group) is 1. The van der Waals surface area contributed by atoms with Crippen LogP contribution in [0.5, 0.6) is 0 Å². The van der Waals surface area contributed by atoms with Crippen molar-refractivity contribution in [3.63, 3.8) is 0 Å². The summed E-state index contributed by atoms with van der Waals surface area (Å²) >= 11 is 1.58. The van der Waals surface area contributed by atoms with Gasteiger partial charge in [-0.15, -0.1) is 23.7 Å². The van der Waals surface area contributed by atoms with Crippen LogP contribution in [0, 0.1) is 6.92 Å². The second-order valence-electron chi connectivity index (χ2n) is 3.94. The molecule has 5 heteroatoms. The number of nitrogens with one attached hydrogen (secondary N) is 1. The lowest BCUT2D eigenvalue weighted by Gasteiger charge is -2.15. The fraction of sp³-hybridized carbons (Fsp3) is 0.545. The number of thiophene rings is 1. The summed E-state index contributed by atoms with van der Waals surface area (Å²) in [5.41, 5.74) is 0. The van der Waals surface area contributed by atoms with Crippen LogP contribution in [-0.2, 0) is 0 Å². The Balaban J connectivity index is 0.00000128. The zero-order valence-electron chi connectivity index (χ0n) is 9.53. The Morgan fingerprint density at radius 1 is 1.56 bits per heavy atom. The Labute approximate surface area is 106 Å². The van der Waals surface area contributed by atoms with E-state index in [2.05, 4.69) is 5.32 Å². The van der Waals surface area contributed by atoms with Crippen LogP contribution in [0.15, 0.2) is 12.1 Å². The van der Waals surface area contributed by atoms with E-state index < -0.39 is 0 Å². The summed E-state index contributed by atoms with van der Waals surface area (Å²) in [6.45, 7) is 3.75. The summed E-state index contributed by atoms with van der Waals surface area (Å²) in [6, 6.07) is 4.40. The number of hydrogen-bond acceptors (Lipinski definition) is 3. The molecule has 0 aliphatic carbocycles. The molecule has 0 saturated carbocycles. The maximum atomic E-state index is 12.0. The molecule has 1 saturated heterocycles. The fourth-order valence-electron chi connectivity index (χ4n) is 1.89. The van der Waals surface area contributed by atoms with Crippen LogP contribution in [0.1, 0.15) is 21.0 Å². The second-order valence-corrected chi connectivity index (χ2v) is 5.22. The van der Waals surface area contributed by atoms with Gasteiger partial charge in [-0.05, 0) is 32.5 Å². The fourth-order valence-corrected chi connectivity index (χ4v) is 2.72. The number of hydrogen-bond donors (Lipinski definition) is 1. The van der Waals surface area contributed by atoms with Crippen molar-refractivity contribution in [2.75, 3.05) is 20.1 Å². The molecule has 1 unspecified atom stereocenters. The molecule has 0 spiro atoms. The number of halogens is 1. The first-order chi connectivity index (χ1) is 7.20. The quantitative estimate of drug-likeness (QED) is 0.881. The third kappa shape index (κ3) is 2.75. The van der Waals surface area contributed by atoms with Crippen molar-refractivity contribution in [1.29, 1.82) is 0 Å². The average Bonchev–Trinajstić information content (AvgIpc) is 2.84. The van der Waals surface area contributed by atoms with E-state index in [1.165, 1.54) is 4.88 Å². The molecule has 1 aliphatic heterocycles. The van der Waals surface area contributed by atoms with Crippen molar-refractivity contribution >= 4 is 29.7 Å². The number of nitrogens with zero attached hydrogens (tertiary/aromatic N) is 1. The Kier molecular flexibility index (Phi) is 4.77. The molecule has 3 nitrogen and oxygen atoms in total. The van der Waals surface area contributed by atoms with Crippen LogP contribution in [0.4, 0.5) is 0 Å². The number of rotatable bonds is 2. The Morgan fingerprint density at radius 2 is 2.31 bits per heavy atom. The molecule has 90 valence electrons. The molecular formula is C11H17ClN2OS. The van der Waals surface area contributed by atoms with Gasteiger partial charge in [0.15, 0.2) is 0 Å². The van der Waals surface area contributed by atoms with E-state index >= 15 is 0 Å². The van der Waals surface area contributed by atoms with Crippen molar-refractivity contribution in [3.05, 3.63) is 21.9 Å². The molecule has 16 heavy (non-hydrogen) atoms. The smallest absolute Gasteiger partial charge is 0.263 e. The van der Waals surface area contributed by atoms with Crippen LogP contribution in [0.3, 0.4) is 0 Å². The minimum absolute atomic E-state index is 0. The highest BCUT2D eigenvalue weighted by molar-refractivity contribution is 7.13. The summed E-state index contributed by atoms with van der Waals surface area (Å²) in [5, 5.41) is 3.21. The molecular weight excluding hydrogens is 244 g/mol. The first-order valence-corrected chi connectivity index (χ1v) is 6.05. The number of likely N-dealkylation sites (tertiary alicyclic amines) is 1. The van der Waals surface area contributed by atoms with Crippen molar-refractivity contribution in [2.45, 2.75) is 19.4 Å². The molecule has 1 aromatic rings. The topological polar surface area (TPSA) is 32.3 Å². The SMILES string of the molecule is CNC1CCN(C(=O)c2ccc(C)s2)C1.Cl. The maximum Gasteiger partial charge on any atom is 0.263 e. The third-order valence-electron chi connectivity index (χ3n) is 2.83. The molecule has 0 radical (unpaired) electrons. The van der Waals surface area contributed by atoms with Crippen molar-refractivity contribution < 1.29 is 4.79 Å². The van der Waals surface area contributed by atoms with E-state index in [9.17, 15) is 4.79 Å². The first kappa shape index (κ1) is 13.5. The third-order valence-corrected chi connectivity index (χ3v) is 3.82. The normalized spacial score (nSPS) is 19.6. The molecule has 1 fully saturated rings. The molecule has 1 aromatic heterocycles. The number of carbonyl (C=O) groups is 1. The van der Waals surface area contributed by atoms with Crippen LogP contribution in [0.2, 0.25) is 0 Å². The van der Waals surface area contributed by atoms with Gasteiger partial charge in [0.2, 0.25) is 0 Å². The van der Waals surface area contributed by atoms with Gasteiger partial charge in [0.1, 0.15) is 0 Å². The minimum atomic E-state index is 0. The predicted molar refractivity (Wildman–Crippen MR) is 69.7 cm³/mol. The molecule has 2 heterocycles. The highest BCUT2D eigenvalue weighted by atomic mass is 35.5. The van der Waals surface area contributed by atoms with Gasteiger partial charge in [-0.3, -0.25) is 4.79 Å². The molecule has 1 atom stereocenters. The van der Waals surface area contributed by atoms with Gasteiger partial charge >= 0.3 is 0 Å². The Morgan fingerprint density at radius 3 is 2.81 bits per heavy atom. The van der Waals surface area contributed by atoms with Crippen molar-refractivity contribution in [2.24, 2.45) is 0 Å². The number of aryl methyl sites for hydroxylation is 1. The zero-order chi connectivity index (χ0) is 10.8. The van der Waals surface area contributed by atoms with Crippen LogP contribution in [-0.4, -0.2) is 37.0 Å². The van der Waals surface area contributed by atoms with Gasteiger partial charge < -0.3 is 10.2 Å².